The summed E-state index contributed by atoms with van der Waals surface area (Å²) in [5.41, 5.74) is 2.55. The molecule has 2 aromatic heterocycles. The molecule has 0 aliphatic heterocycles. The Balaban J connectivity index is 2.11. The van der Waals surface area contributed by atoms with Crippen LogP contribution in [0.15, 0.2) is 41.8 Å². The van der Waals surface area contributed by atoms with Crippen molar-refractivity contribution in [1.29, 1.82) is 0 Å². The van der Waals surface area contributed by atoms with Gasteiger partial charge >= 0.3 is 5.97 Å². The van der Waals surface area contributed by atoms with E-state index < -0.39 is 0 Å². The highest BCUT2D eigenvalue weighted by Gasteiger charge is 2.17. The predicted octanol–water partition coefficient (Wildman–Crippen LogP) is 4.19. The Kier molecular flexibility index (Phi) is 3.51. The fourth-order valence-electron chi connectivity index (χ4n) is 2.22. The van der Waals surface area contributed by atoms with E-state index in [0.717, 1.165) is 15.8 Å². The van der Waals surface area contributed by atoms with Crippen LogP contribution in [0.4, 0.5) is 0 Å². The van der Waals surface area contributed by atoms with Crippen molar-refractivity contribution in [2.45, 2.75) is 6.54 Å². The Morgan fingerprint density at radius 2 is 2.15 bits per heavy atom. The third-order valence-corrected chi connectivity index (χ3v) is 4.43. The highest BCUT2D eigenvalue weighted by atomic mass is 35.5. The molecule has 102 valence electrons. The first-order valence-corrected chi connectivity index (χ1v) is 7.35. The summed E-state index contributed by atoms with van der Waals surface area (Å²) in [4.78, 5) is 11.9. The van der Waals surface area contributed by atoms with Gasteiger partial charge in [0.2, 0.25) is 0 Å². The smallest absolute Gasteiger partial charge is 0.354 e. The maximum atomic E-state index is 11.9. The topological polar surface area (TPSA) is 31.2 Å². The highest BCUT2D eigenvalue weighted by Crippen LogP contribution is 2.28. The zero-order valence-corrected chi connectivity index (χ0v) is 12.4. The van der Waals surface area contributed by atoms with Crippen LogP contribution in [0.5, 0.6) is 0 Å². The minimum Gasteiger partial charge on any atom is -0.464 e. The number of nitrogens with zero attached hydrogens (tertiary/aromatic N) is 1. The zero-order valence-electron chi connectivity index (χ0n) is 10.8. The van der Waals surface area contributed by atoms with Gasteiger partial charge < -0.3 is 9.30 Å². The van der Waals surface area contributed by atoms with E-state index in [1.165, 1.54) is 7.11 Å². The average Bonchev–Trinajstić information content (AvgIpc) is 3.03. The average molecular weight is 306 g/mol. The number of fused-ring (bicyclic) bond motifs is 1. The van der Waals surface area contributed by atoms with Crippen molar-refractivity contribution >= 4 is 39.1 Å². The number of carbonyl (C=O) groups excluding carboxylic acids is 1. The molecule has 0 saturated heterocycles. The number of ether oxygens (including phenoxy) is 1. The summed E-state index contributed by atoms with van der Waals surface area (Å²) in [7, 11) is 1.39. The molecule has 3 nitrogen and oxygen atoms in total. The van der Waals surface area contributed by atoms with Gasteiger partial charge in [0.05, 0.1) is 17.3 Å². The van der Waals surface area contributed by atoms with Crippen LogP contribution in [0, 0.1) is 0 Å². The summed E-state index contributed by atoms with van der Waals surface area (Å²) in [5.74, 6) is -0.333. The Hall–Kier alpha value is -1.78. The number of hydrogen-bond acceptors (Lipinski definition) is 3. The van der Waals surface area contributed by atoms with Crippen molar-refractivity contribution in [3.05, 3.63) is 58.1 Å². The lowest BCUT2D eigenvalue weighted by Crippen LogP contribution is -2.11. The van der Waals surface area contributed by atoms with E-state index in [-0.39, 0.29) is 5.97 Å². The summed E-state index contributed by atoms with van der Waals surface area (Å²) in [6, 6.07) is 11.5. The predicted molar refractivity (Wildman–Crippen MR) is 81.7 cm³/mol. The van der Waals surface area contributed by atoms with Gasteiger partial charge in [0, 0.05) is 11.6 Å². The van der Waals surface area contributed by atoms with Crippen LogP contribution in [0.3, 0.4) is 0 Å². The van der Waals surface area contributed by atoms with Crippen molar-refractivity contribution in [2.75, 3.05) is 7.11 Å². The second-order valence-electron chi connectivity index (χ2n) is 4.37. The number of halogens is 1. The lowest BCUT2D eigenvalue weighted by atomic mass is 10.2. The largest absolute Gasteiger partial charge is 0.464 e. The number of carbonyl (C=O) groups is 1. The van der Waals surface area contributed by atoms with Crippen LogP contribution < -0.4 is 0 Å². The normalized spacial score (nSPS) is 10.9. The summed E-state index contributed by atoms with van der Waals surface area (Å²) in [5, 5.41) is 2.70. The number of hydrogen-bond donors (Lipinski definition) is 0. The highest BCUT2D eigenvalue weighted by molar-refractivity contribution is 7.17. The minimum absolute atomic E-state index is 0.333. The first-order valence-electron chi connectivity index (χ1n) is 6.09. The van der Waals surface area contributed by atoms with Crippen LogP contribution in [-0.2, 0) is 11.3 Å². The molecule has 0 spiro atoms. The molecule has 1 aromatic carbocycles. The van der Waals surface area contributed by atoms with Crippen LogP contribution in [0.25, 0.3) is 10.2 Å². The second-order valence-corrected chi connectivity index (χ2v) is 5.72. The Morgan fingerprint density at radius 1 is 1.35 bits per heavy atom. The molecule has 20 heavy (non-hydrogen) atoms. The van der Waals surface area contributed by atoms with Gasteiger partial charge in [-0.3, -0.25) is 0 Å². The quantitative estimate of drug-likeness (QED) is 0.679. The monoisotopic (exact) mass is 305 g/mol. The van der Waals surface area contributed by atoms with Crippen molar-refractivity contribution in [3.63, 3.8) is 0 Å². The molecule has 0 saturated carbocycles. The van der Waals surface area contributed by atoms with Gasteiger partial charge in [-0.1, -0.05) is 29.8 Å². The summed E-state index contributed by atoms with van der Waals surface area (Å²) in [6.45, 7) is 0.546. The lowest BCUT2D eigenvalue weighted by Gasteiger charge is -2.10. The van der Waals surface area contributed by atoms with Gasteiger partial charge in [0.15, 0.2) is 0 Å². The van der Waals surface area contributed by atoms with E-state index >= 15 is 0 Å². The number of thiophene rings is 1. The van der Waals surface area contributed by atoms with Gasteiger partial charge in [-0.2, -0.15) is 0 Å². The maximum Gasteiger partial charge on any atom is 0.354 e. The molecule has 0 bridgehead atoms. The van der Waals surface area contributed by atoms with Gasteiger partial charge in [-0.15, -0.1) is 11.3 Å². The molecule has 5 heteroatoms. The molecule has 3 rings (SSSR count). The summed E-state index contributed by atoms with van der Waals surface area (Å²) in [6.07, 6.45) is 0. The molecule has 3 aromatic rings. The Morgan fingerprint density at radius 3 is 2.90 bits per heavy atom. The van der Waals surface area contributed by atoms with E-state index in [1.807, 2.05) is 46.3 Å². The Labute approximate surface area is 125 Å². The lowest BCUT2D eigenvalue weighted by molar-refractivity contribution is 0.0589. The molecule has 0 atom stereocenters. The molecule has 0 radical (unpaired) electrons. The van der Waals surface area contributed by atoms with E-state index in [2.05, 4.69) is 0 Å². The van der Waals surface area contributed by atoms with Crippen molar-refractivity contribution in [2.24, 2.45) is 0 Å². The third kappa shape index (κ3) is 2.21. The molecule has 0 aliphatic rings. The van der Waals surface area contributed by atoms with Crippen LogP contribution in [-0.4, -0.2) is 17.6 Å². The van der Waals surface area contributed by atoms with Gasteiger partial charge in [0.1, 0.15) is 5.69 Å². The minimum atomic E-state index is -0.333. The van der Waals surface area contributed by atoms with Crippen LogP contribution in [0.1, 0.15) is 16.1 Å². The molecule has 2 heterocycles. The zero-order chi connectivity index (χ0) is 14.1. The molecule has 0 amide bonds. The SMILES string of the molecule is COC(=O)c1cc2sccc2n1Cc1ccccc1Cl. The van der Waals surface area contributed by atoms with Crippen molar-refractivity contribution in [3.8, 4) is 0 Å². The third-order valence-electron chi connectivity index (χ3n) is 3.20. The standard InChI is InChI=1S/C15H12ClNO2S/c1-19-15(18)13-8-14-12(6-7-20-14)17(13)9-10-4-2-3-5-11(10)16/h2-8H,9H2,1H3. The number of esters is 1. The fraction of sp³-hybridized carbons (Fsp3) is 0.133. The summed E-state index contributed by atoms with van der Waals surface area (Å²) < 4.78 is 7.87. The molecule has 0 unspecified atom stereocenters. The molecule has 0 N–H and O–H groups in total. The number of benzene rings is 1. The Bertz CT molecular complexity index is 775. The van der Waals surface area contributed by atoms with E-state index in [4.69, 9.17) is 16.3 Å². The number of rotatable bonds is 3. The van der Waals surface area contributed by atoms with Crippen LogP contribution >= 0.6 is 22.9 Å². The van der Waals surface area contributed by atoms with Gasteiger partial charge in [-0.05, 0) is 29.1 Å². The fourth-order valence-corrected chi connectivity index (χ4v) is 3.24. The van der Waals surface area contributed by atoms with E-state index in [0.29, 0.717) is 17.3 Å². The first-order chi connectivity index (χ1) is 9.70. The van der Waals surface area contributed by atoms with Crippen molar-refractivity contribution < 1.29 is 9.53 Å². The first kappa shape index (κ1) is 13.2. The second kappa shape index (κ2) is 5.31. The molecular formula is C15H12ClNO2S. The number of methoxy groups -OCH3 is 1. The molecule has 0 fully saturated rings. The molecular weight excluding hydrogens is 294 g/mol. The molecule has 0 aliphatic carbocycles. The summed E-state index contributed by atoms with van der Waals surface area (Å²) >= 11 is 7.81. The van der Waals surface area contributed by atoms with E-state index in [1.54, 1.807) is 11.3 Å². The van der Waals surface area contributed by atoms with Crippen molar-refractivity contribution in [1.82, 2.24) is 4.57 Å². The van der Waals surface area contributed by atoms with Gasteiger partial charge in [0.25, 0.3) is 0 Å². The van der Waals surface area contributed by atoms with Gasteiger partial charge in [-0.25, -0.2) is 4.79 Å². The number of aromatic nitrogens is 1. The maximum absolute atomic E-state index is 11.9. The van der Waals surface area contributed by atoms with E-state index in [9.17, 15) is 4.79 Å². The van der Waals surface area contributed by atoms with Crippen LogP contribution in [0.2, 0.25) is 5.02 Å².